The molecule has 2 N–H and O–H groups in total. The fraction of sp³-hybridized carbons (Fsp3) is 0.357. The Labute approximate surface area is 141 Å². The molecule has 0 aliphatic carbocycles. The maximum Gasteiger partial charge on any atom is 0.328 e. The van der Waals surface area contributed by atoms with Crippen LogP contribution in [-0.4, -0.2) is 45.3 Å². The molecule has 0 aliphatic heterocycles. The van der Waals surface area contributed by atoms with Crippen molar-refractivity contribution in [3.05, 3.63) is 43.7 Å². The summed E-state index contributed by atoms with van der Waals surface area (Å²) in [4.78, 5) is 54.6. The van der Waals surface area contributed by atoms with Crippen LogP contribution in [0.5, 0.6) is 0 Å². The van der Waals surface area contributed by atoms with Gasteiger partial charge in [0.15, 0.2) is 5.13 Å². The summed E-state index contributed by atoms with van der Waals surface area (Å²) in [6, 6.07) is 1.21. The lowest BCUT2D eigenvalue weighted by Gasteiger charge is -2.07. The Morgan fingerprint density at radius 3 is 2.71 bits per heavy atom. The number of nitrogens with one attached hydrogen (secondary N) is 2. The van der Waals surface area contributed by atoms with Gasteiger partial charge in [-0.2, -0.15) is 0 Å². The van der Waals surface area contributed by atoms with Crippen molar-refractivity contribution < 1.29 is 9.59 Å². The number of carbonyl (C=O) groups excluding carboxylic acids is 2. The minimum Gasteiger partial charge on any atom is -0.344 e. The van der Waals surface area contributed by atoms with E-state index in [1.165, 1.54) is 21.7 Å². The van der Waals surface area contributed by atoms with E-state index in [0.717, 1.165) is 11.3 Å². The van der Waals surface area contributed by atoms with E-state index < -0.39 is 11.2 Å². The summed E-state index contributed by atoms with van der Waals surface area (Å²) in [5.41, 5.74) is -0.512. The third-order valence-corrected chi connectivity index (χ3v) is 4.18. The van der Waals surface area contributed by atoms with Crippen molar-refractivity contribution in [3.8, 4) is 0 Å². The first-order valence-electron chi connectivity index (χ1n) is 7.06. The molecule has 0 aliphatic rings. The Kier molecular flexibility index (Phi) is 5.29. The lowest BCUT2D eigenvalue weighted by Crippen LogP contribution is -2.29. The van der Waals surface area contributed by atoms with Crippen molar-refractivity contribution >= 4 is 28.3 Å². The number of H-pyrrole nitrogens is 1. The molecule has 128 valence electrons. The van der Waals surface area contributed by atoms with Crippen LogP contribution in [0.3, 0.4) is 0 Å². The van der Waals surface area contributed by atoms with Crippen LogP contribution in [-0.2, 0) is 11.3 Å². The van der Waals surface area contributed by atoms with Crippen molar-refractivity contribution in [2.75, 3.05) is 19.4 Å². The van der Waals surface area contributed by atoms with E-state index in [0.29, 0.717) is 15.7 Å². The normalized spacial score (nSPS) is 10.5. The largest absolute Gasteiger partial charge is 0.344 e. The van der Waals surface area contributed by atoms with Crippen LogP contribution >= 0.6 is 11.3 Å². The Hall–Kier alpha value is -2.75. The number of hydrogen-bond donors (Lipinski definition) is 2. The molecule has 2 aromatic heterocycles. The second-order valence-corrected chi connectivity index (χ2v) is 6.23. The van der Waals surface area contributed by atoms with Crippen LogP contribution in [0, 0.1) is 6.92 Å². The summed E-state index contributed by atoms with van der Waals surface area (Å²) in [5.74, 6) is -0.518. The van der Waals surface area contributed by atoms with Gasteiger partial charge >= 0.3 is 5.69 Å². The monoisotopic (exact) mass is 351 g/mol. The quantitative estimate of drug-likeness (QED) is 0.788. The van der Waals surface area contributed by atoms with Gasteiger partial charge in [0, 0.05) is 39.3 Å². The molecule has 9 nitrogen and oxygen atoms in total. The zero-order chi connectivity index (χ0) is 17.9. The number of carbonyl (C=O) groups is 2. The van der Waals surface area contributed by atoms with E-state index in [4.69, 9.17) is 0 Å². The Balaban J connectivity index is 2.00. The molecule has 0 aromatic carbocycles. The molecular weight excluding hydrogens is 334 g/mol. The molecule has 0 saturated carbocycles. The van der Waals surface area contributed by atoms with Gasteiger partial charge < -0.3 is 14.8 Å². The van der Waals surface area contributed by atoms with Crippen LogP contribution < -0.4 is 16.6 Å². The zero-order valence-corrected chi connectivity index (χ0v) is 14.3. The lowest BCUT2D eigenvalue weighted by atomic mass is 10.3. The first-order valence-corrected chi connectivity index (χ1v) is 7.88. The summed E-state index contributed by atoms with van der Waals surface area (Å²) >= 11 is 1.10. The third-order valence-electron chi connectivity index (χ3n) is 3.12. The Morgan fingerprint density at radius 1 is 1.38 bits per heavy atom. The predicted molar refractivity (Wildman–Crippen MR) is 89.4 cm³/mol. The Morgan fingerprint density at radius 2 is 2.08 bits per heavy atom. The maximum absolute atomic E-state index is 12.0. The highest BCUT2D eigenvalue weighted by atomic mass is 32.1. The molecule has 2 heterocycles. The minimum absolute atomic E-state index is 0.0293. The number of hydrogen-bond acceptors (Lipinski definition) is 6. The lowest BCUT2D eigenvalue weighted by molar-refractivity contribution is -0.116. The summed E-state index contributed by atoms with van der Waals surface area (Å²) in [6.45, 7) is 1.82. The van der Waals surface area contributed by atoms with Crippen molar-refractivity contribution in [2.45, 2.75) is 19.9 Å². The van der Waals surface area contributed by atoms with Gasteiger partial charge in [-0.25, -0.2) is 9.78 Å². The molecule has 2 rings (SSSR count). The maximum atomic E-state index is 12.0. The van der Waals surface area contributed by atoms with Gasteiger partial charge in [-0.1, -0.05) is 11.3 Å². The van der Waals surface area contributed by atoms with Gasteiger partial charge in [0.1, 0.15) is 4.88 Å². The number of aromatic amines is 1. The van der Waals surface area contributed by atoms with E-state index in [1.807, 2.05) is 0 Å². The number of thiazole rings is 1. The highest BCUT2D eigenvalue weighted by molar-refractivity contribution is 7.17. The number of anilines is 1. The highest BCUT2D eigenvalue weighted by Crippen LogP contribution is 2.23. The van der Waals surface area contributed by atoms with Crippen molar-refractivity contribution in [1.82, 2.24) is 19.4 Å². The topological polar surface area (TPSA) is 117 Å². The van der Waals surface area contributed by atoms with Crippen LogP contribution in [0.4, 0.5) is 5.13 Å². The average molecular weight is 351 g/mol. The van der Waals surface area contributed by atoms with Gasteiger partial charge in [0.05, 0.1) is 5.69 Å². The molecule has 0 radical (unpaired) electrons. The summed E-state index contributed by atoms with van der Waals surface area (Å²) in [6.07, 6.45) is 1.36. The fourth-order valence-corrected chi connectivity index (χ4v) is 2.88. The zero-order valence-electron chi connectivity index (χ0n) is 13.5. The van der Waals surface area contributed by atoms with Crippen LogP contribution in [0.15, 0.2) is 21.9 Å². The summed E-state index contributed by atoms with van der Waals surface area (Å²) in [7, 11) is 3.28. The summed E-state index contributed by atoms with van der Waals surface area (Å²) < 4.78 is 1.23. The first kappa shape index (κ1) is 17.6. The van der Waals surface area contributed by atoms with Crippen molar-refractivity contribution in [3.63, 3.8) is 0 Å². The number of aromatic nitrogens is 3. The molecule has 0 saturated heterocycles. The minimum atomic E-state index is -0.570. The highest BCUT2D eigenvalue weighted by Gasteiger charge is 2.17. The predicted octanol–water partition coefficient (Wildman–Crippen LogP) is 0.0321. The van der Waals surface area contributed by atoms with Gasteiger partial charge in [-0.05, 0) is 6.92 Å². The average Bonchev–Trinajstić information content (AvgIpc) is 2.85. The van der Waals surface area contributed by atoms with Gasteiger partial charge in [-0.3, -0.25) is 19.4 Å². The molecule has 0 atom stereocenters. The number of aryl methyl sites for hydroxylation is 2. The first-order chi connectivity index (χ1) is 11.3. The summed E-state index contributed by atoms with van der Waals surface area (Å²) in [5, 5.41) is 2.94. The Bertz CT molecular complexity index is 880. The van der Waals surface area contributed by atoms with Gasteiger partial charge in [0.25, 0.3) is 11.5 Å². The molecular formula is C14H17N5O4S. The van der Waals surface area contributed by atoms with E-state index in [2.05, 4.69) is 15.3 Å². The molecule has 24 heavy (non-hydrogen) atoms. The molecule has 0 fully saturated rings. The van der Waals surface area contributed by atoms with Gasteiger partial charge in [0.2, 0.25) is 5.91 Å². The fourth-order valence-electron chi connectivity index (χ4n) is 1.88. The number of nitrogens with zero attached hydrogens (tertiary/aromatic N) is 3. The molecule has 10 heteroatoms. The SMILES string of the molecule is Cc1nc(NC(=O)CCn2ccc(=O)[nH]c2=O)sc1C(=O)N(C)C. The van der Waals surface area contributed by atoms with Crippen LogP contribution in [0.2, 0.25) is 0 Å². The smallest absolute Gasteiger partial charge is 0.328 e. The van der Waals surface area contributed by atoms with E-state index in [1.54, 1.807) is 21.0 Å². The molecule has 2 aromatic rings. The molecule has 0 unspecified atom stereocenters. The molecule has 0 bridgehead atoms. The van der Waals surface area contributed by atoms with E-state index >= 15 is 0 Å². The van der Waals surface area contributed by atoms with Crippen LogP contribution in [0.1, 0.15) is 21.8 Å². The van der Waals surface area contributed by atoms with Crippen molar-refractivity contribution in [1.29, 1.82) is 0 Å². The second kappa shape index (κ2) is 7.21. The molecule has 2 amide bonds. The third kappa shape index (κ3) is 4.16. The van der Waals surface area contributed by atoms with Crippen molar-refractivity contribution in [2.24, 2.45) is 0 Å². The second-order valence-electron chi connectivity index (χ2n) is 5.23. The van der Waals surface area contributed by atoms with Crippen LogP contribution in [0.25, 0.3) is 0 Å². The van der Waals surface area contributed by atoms with Gasteiger partial charge in [-0.15, -0.1) is 0 Å². The van der Waals surface area contributed by atoms with E-state index in [-0.39, 0.29) is 24.8 Å². The van der Waals surface area contributed by atoms with E-state index in [9.17, 15) is 19.2 Å². The standard InChI is InChI=1S/C14H17N5O4S/c1-8-11(12(22)18(2)3)24-13(15-8)16-9(20)4-6-19-7-5-10(21)17-14(19)23/h5,7H,4,6H2,1-3H3,(H,15,16,20)(H,17,21,23). The number of rotatable bonds is 5. The number of amides is 2. The molecule has 0 spiro atoms.